The van der Waals surface area contributed by atoms with Gasteiger partial charge in [0.2, 0.25) is 0 Å². The van der Waals surface area contributed by atoms with Crippen molar-refractivity contribution in [3.8, 4) is 0 Å². The predicted molar refractivity (Wildman–Crippen MR) is 80.7 cm³/mol. The summed E-state index contributed by atoms with van der Waals surface area (Å²) in [6.45, 7) is 0. The van der Waals surface area contributed by atoms with E-state index in [1.54, 1.807) is 0 Å². The molecule has 0 fully saturated rings. The smallest absolute Gasteiger partial charge is 0.147 e. The summed E-state index contributed by atoms with van der Waals surface area (Å²) in [5.74, 6) is 0. The van der Waals surface area contributed by atoms with Crippen LogP contribution in [-0.4, -0.2) is 44.1 Å². The van der Waals surface area contributed by atoms with Crippen LogP contribution in [0.4, 0.5) is 0 Å². The lowest BCUT2D eigenvalue weighted by Gasteiger charge is -2.17. The molecule has 76 valence electrons. The van der Waals surface area contributed by atoms with Crippen molar-refractivity contribution in [2.75, 3.05) is 25.7 Å². The molecule has 13 heavy (non-hydrogen) atoms. The highest BCUT2D eigenvalue weighted by molar-refractivity contribution is 14.1. The minimum Gasteiger partial charge on any atom is -0.363 e. The molecule has 0 heterocycles. The number of nitrogens with zero attached hydrogens (tertiary/aromatic N) is 2. The number of rotatable bonds is 1. The molecule has 7 heteroatoms. The van der Waals surface area contributed by atoms with Crippen LogP contribution in [-0.2, 0) is 0 Å². The quantitative estimate of drug-likeness (QED) is 0.230. The van der Waals surface area contributed by atoms with E-state index in [4.69, 9.17) is 24.4 Å². The van der Waals surface area contributed by atoms with Crippen molar-refractivity contribution in [1.29, 1.82) is 0 Å². The Kier molecular flexibility index (Phi) is 8.19. The van der Waals surface area contributed by atoms with Gasteiger partial charge in [0.1, 0.15) is 8.64 Å². The first-order valence-corrected chi connectivity index (χ1v) is 7.85. The molecule has 0 saturated heterocycles. The number of alkyl halides is 1. The molecule has 2 nitrogen and oxygen atoms in total. The minimum atomic E-state index is 0.842. The fourth-order valence-electron chi connectivity index (χ4n) is 0.258. The highest BCUT2D eigenvalue weighted by atomic mass is 127. The van der Waals surface area contributed by atoms with E-state index < -0.39 is 0 Å². The number of hydrogen-bond acceptors (Lipinski definition) is 4. The molecular weight excluding hydrogens is 355 g/mol. The summed E-state index contributed by atoms with van der Waals surface area (Å²) in [6, 6.07) is 0. The van der Waals surface area contributed by atoms with E-state index in [0.717, 1.165) is 13.2 Å². The molecule has 0 aromatic carbocycles. The molecule has 0 radical (unpaired) electrons. The molecule has 0 amide bonds. The van der Waals surface area contributed by atoms with E-state index in [2.05, 4.69) is 22.6 Å². The van der Waals surface area contributed by atoms with Gasteiger partial charge in [0.15, 0.2) is 0 Å². The Balaban J connectivity index is 3.77. The monoisotopic (exact) mass is 366 g/mol. The van der Waals surface area contributed by atoms with E-state index >= 15 is 0 Å². The summed E-state index contributed by atoms with van der Waals surface area (Å²) in [5.41, 5.74) is 0. The van der Waals surface area contributed by atoms with E-state index in [9.17, 15) is 0 Å². The van der Waals surface area contributed by atoms with Gasteiger partial charge in [-0.2, -0.15) is 0 Å². The van der Waals surface area contributed by atoms with Crippen LogP contribution in [0.3, 0.4) is 0 Å². The highest BCUT2D eigenvalue weighted by Gasteiger charge is 2.07. The number of hydrogen-bond donors (Lipinski definition) is 0. The van der Waals surface area contributed by atoms with E-state index in [0.29, 0.717) is 0 Å². The fourth-order valence-corrected chi connectivity index (χ4v) is 3.48. The standard InChI is InChI=1S/C6H11IN2S4/c1-8(2)5(10)12-13-6(11)9(3)4-7/h4H2,1-3H3. The van der Waals surface area contributed by atoms with Crippen LogP contribution in [0.1, 0.15) is 0 Å². The minimum absolute atomic E-state index is 0.842. The van der Waals surface area contributed by atoms with Crippen LogP contribution in [0.2, 0.25) is 0 Å². The molecule has 0 unspecified atom stereocenters. The lowest BCUT2D eigenvalue weighted by atomic mass is 11.0. The van der Waals surface area contributed by atoms with Crippen molar-refractivity contribution < 1.29 is 0 Å². The molecule has 0 spiro atoms. The molecular formula is C6H11IN2S4. The van der Waals surface area contributed by atoms with Crippen molar-refractivity contribution >= 4 is 77.3 Å². The molecule has 0 bridgehead atoms. The normalized spacial score (nSPS) is 9.54. The topological polar surface area (TPSA) is 6.48 Å². The van der Waals surface area contributed by atoms with Gasteiger partial charge in [-0.25, -0.2) is 0 Å². The molecule has 0 aliphatic carbocycles. The van der Waals surface area contributed by atoms with Crippen molar-refractivity contribution in [1.82, 2.24) is 9.80 Å². The Morgan fingerprint density at radius 2 is 1.62 bits per heavy atom. The molecule has 0 N–H and O–H groups in total. The zero-order chi connectivity index (χ0) is 10.4. The van der Waals surface area contributed by atoms with Crippen LogP contribution in [0.5, 0.6) is 0 Å². The second-order valence-electron chi connectivity index (χ2n) is 2.41. The van der Waals surface area contributed by atoms with Crippen molar-refractivity contribution in [3.05, 3.63) is 0 Å². The second kappa shape index (κ2) is 7.49. The third-order valence-electron chi connectivity index (χ3n) is 1.04. The number of thiocarbonyl (C=S) groups is 2. The Morgan fingerprint density at radius 1 is 1.15 bits per heavy atom. The average molecular weight is 366 g/mol. The first-order chi connectivity index (χ1) is 5.99. The maximum atomic E-state index is 5.17. The highest BCUT2D eigenvalue weighted by Crippen LogP contribution is 2.27. The molecule has 0 rings (SSSR count). The Bertz CT molecular complexity index is 197. The first kappa shape index (κ1) is 14.2. The molecule has 0 aliphatic heterocycles. The van der Waals surface area contributed by atoms with Crippen molar-refractivity contribution in [2.24, 2.45) is 0 Å². The lowest BCUT2D eigenvalue weighted by molar-refractivity contribution is 0.637. The third-order valence-corrected chi connectivity index (χ3v) is 6.12. The average Bonchev–Trinajstić information content (AvgIpc) is 2.11. The van der Waals surface area contributed by atoms with E-state index in [-0.39, 0.29) is 0 Å². The van der Waals surface area contributed by atoms with E-state index in [1.165, 1.54) is 21.6 Å². The molecule has 0 aromatic rings. The summed E-state index contributed by atoms with van der Waals surface area (Å²) in [5, 5.41) is 0. The lowest BCUT2D eigenvalue weighted by Crippen LogP contribution is -2.20. The molecule has 0 aliphatic rings. The third kappa shape index (κ3) is 6.32. The van der Waals surface area contributed by atoms with Gasteiger partial charge in [-0.3, -0.25) is 0 Å². The molecule has 0 atom stereocenters. The second-order valence-corrected chi connectivity index (χ2v) is 6.49. The van der Waals surface area contributed by atoms with Gasteiger partial charge >= 0.3 is 0 Å². The van der Waals surface area contributed by atoms with Crippen LogP contribution < -0.4 is 0 Å². The Morgan fingerprint density at radius 3 is 2.00 bits per heavy atom. The van der Waals surface area contributed by atoms with Gasteiger partial charge in [0.25, 0.3) is 0 Å². The molecule has 0 saturated carbocycles. The number of halogens is 1. The van der Waals surface area contributed by atoms with Crippen molar-refractivity contribution in [2.45, 2.75) is 0 Å². The zero-order valence-corrected chi connectivity index (χ0v) is 13.0. The fraction of sp³-hybridized carbons (Fsp3) is 0.667. The van der Waals surface area contributed by atoms with Crippen LogP contribution in [0, 0.1) is 0 Å². The maximum Gasteiger partial charge on any atom is 0.147 e. The van der Waals surface area contributed by atoms with Gasteiger partial charge in [-0.1, -0.05) is 47.0 Å². The van der Waals surface area contributed by atoms with Crippen LogP contribution >= 0.6 is 68.6 Å². The summed E-state index contributed by atoms with van der Waals surface area (Å²) >= 11 is 12.5. The van der Waals surface area contributed by atoms with Crippen molar-refractivity contribution in [3.63, 3.8) is 0 Å². The van der Waals surface area contributed by atoms with E-state index in [1.807, 2.05) is 30.9 Å². The maximum absolute atomic E-state index is 5.17. The van der Waals surface area contributed by atoms with Crippen LogP contribution in [0.15, 0.2) is 0 Å². The Hall–Kier alpha value is 1.21. The first-order valence-electron chi connectivity index (χ1n) is 3.36. The largest absolute Gasteiger partial charge is 0.363 e. The SMILES string of the molecule is CN(C)C(=S)SSC(=S)N(C)CI. The van der Waals surface area contributed by atoms with Gasteiger partial charge < -0.3 is 9.80 Å². The van der Waals surface area contributed by atoms with Gasteiger partial charge in [0.05, 0.1) is 4.55 Å². The van der Waals surface area contributed by atoms with Gasteiger partial charge in [-0.05, 0) is 21.6 Å². The van der Waals surface area contributed by atoms with Gasteiger partial charge in [0, 0.05) is 21.1 Å². The van der Waals surface area contributed by atoms with Crippen LogP contribution in [0.25, 0.3) is 0 Å². The molecule has 0 aromatic heterocycles. The summed E-state index contributed by atoms with van der Waals surface area (Å²) in [4.78, 5) is 3.91. The Labute approximate surface area is 112 Å². The summed E-state index contributed by atoms with van der Waals surface area (Å²) < 4.78 is 2.61. The predicted octanol–water partition coefficient (Wildman–Crippen LogP) is 2.82. The van der Waals surface area contributed by atoms with Gasteiger partial charge in [-0.15, -0.1) is 0 Å². The summed E-state index contributed by atoms with van der Waals surface area (Å²) in [7, 11) is 8.89. The zero-order valence-electron chi connectivity index (χ0n) is 7.61. The summed E-state index contributed by atoms with van der Waals surface area (Å²) in [6.07, 6.45) is 0.